The van der Waals surface area contributed by atoms with Gasteiger partial charge in [-0.1, -0.05) is 41.4 Å². The fraction of sp³-hybridized carbons (Fsp3) is 0.300. The van der Waals surface area contributed by atoms with Gasteiger partial charge in [0, 0.05) is 22.3 Å². The highest BCUT2D eigenvalue weighted by Gasteiger charge is 2.56. The maximum Gasteiger partial charge on any atom is 0.240 e. The topological polar surface area (TPSA) is 58.2 Å². The van der Waals surface area contributed by atoms with Gasteiger partial charge in [-0.3, -0.25) is 9.59 Å². The maximum atomic E-state index is 12.6. The van der Waals surface area contributed by atoms with Gasteiger partial charge >= 0.3 is 0 Å². The van der Waals surface area contributed by atoms with E-state index in [2.05, 4.69) is 10.6 Å². The fourth-order valence-electron chi connectivity index (χ4n) is 2.85. The molecule has 2 amide bonds. The van der Waals surface area contributed by atoms with Crippen LogP contribution in [0.4, 0.5) is 5.69 Å². The van der Waals surface area contributed by atoms with Gasteiger partial charge in [-0.2, -0.15) is 0 Å². The SMILES string of the molecule is Cc1c(Cl)cccc1NC(=O)C1(C(=O)NCCc2cccc(Cl)c2)CC1. The van der Waals surface area contributed by atoms with E-state index in [0.717, 1.165) is 11.1 Å². The summed E-state index contributed by atoms with van der Waals surface area (Å²) in [6, 6.07) is 12.8. The Morgan fingerprint density at radius 2 is 1.81 bits per heavy atom. The molecule has 2 N–H and O–H groups in total. The molecule has 0 heterocycles. The highest BCUT2D eigenvalue weighted by atomic mass is 35.5. The van der Waals surface area contributed by atoms with Gasteiger partial charge in [-0.15, -0.1) is 0 Å². The molecule has 0 unspecified atom stereocenters. The lowest BCUT2D eigenvalue weighted by atomic mass is 10.0. The van der Waals surface area contributed by atoms with E-state index in [1.807, 2.05) is 31.2 Å². The van der Waals surface area contributed by atoms with Crippen LogP contribution in [0.5, 0.6) is 0 Å². The Labute approximate surface area is 162 Å². The number of benzene rings is 2. The monoisotopic (exact) mass is 390 g/mol. The number of carbonyl (C=O) groups excluding carboxylic acids is 2. The maximum absolute atomic E-state index is 12.6. The van der Waals surface area contributed by atoms with E-state index in [4.69, 9.17) is 23.2 Å². The molecule has 4 nitrogen and oxygen atoms in total. The van der Waals surface area contributed by atoms with Gasteiger partial charge in [0.25, 0.3) is 0 Å². The van der Waals surface area contributed by atoms with Crippen LogP contribution < -0.4 is 10.6 Å². The third kappa shape index (κ3) is 4.02. The second kappa shape index (κ2) is 7.68. The van der Waals surface area contributed by atoms with Crippen molar-refractivity contribution in [3.63, 3.8) is 0 Å². The molecule has 6 heteroatoms. The molecule has 136 valence electrons. The standard InChI is InChI=1S/C20H20Cl2N2O2/c1-13-16(22)6-3-7-17(13)24-19(26)20(9-10-20)18(25)23-11-8-14-4-2-5-15(21)12-14/h2-7,12H,8-11H2,1H3,(H,23,25)(H,24,26). The van der Waals surface area contributed by atoms with E-state index in [-0.39, 0.29) is 11.8 Å². The summed E-state index contributed by atoms with van der Waals surface area (Å²) in [7, 11) is 0. The number of amides is 2. The first kappa shape index (κ1) is 18.7. The second-order valence-corrected chi connectivity index (χ2v) is 7.43. The van der Waals surface area contributed by atoms with Crippen LogP contribution in [0.25, 0.3) is 0 Å². The van der Waals surface area contributed by atoms with Crippen molar-refractivity contribution in [3.8, 4) is 0 Å². The Hall–Kier alpha value is -2.04. The minimum Gasteiger partial charge on any atom is -0.355 e. The zero-order chi connectivity index (χ0) is 18.7. The molecule has 3 rings (SSSR count). The lowest BCUT2D eigenvalue weighted by molar-refractivity contribution is -0.134. The average Bonchev–Trinajstić information content (AvgIpc) is 3.41. The number of hydrogen-bond donors (Lipinski definition) is 2. The summed E-state index contributed by atoms with van der Waals surface area (Å²) in [5.41, 5.74) is 1.50. The summed E-state index contributed by atoms with van der Waals surface area (Å²) in [4.78, 5) is 25.2. The molecule has 0 aliphatic heterocycles. The van der Waals surface area contributed by atoms with Crippen molar-refractivity contribution in [1.29, 1.82) is 0 Å². The number of anilines is 1. The van der Waals surface area contributed by atoms with Gasteiger partial charge in [0.2, 0.25) is 11.8 Å². The highest BCUT2D eigenvalue weighted by Crippen LogP contribution is 2.47. The molecule has 2 aromatic rings. The van der Waals surface area contributed by atoms with Crippen molar-refractivity contribution in [3.05, 3.63) is 63.6 Å². The minimum atomic E-state index is -0.969. The lowest BCUT2D eigenvalue weighted by Crippen LogP contribution is -2.40. The molecule has 2 aromatic carbocycles. The van der Waals surface area contributed by atoms with Crippen LogP contribution in [0.1, 0.15) is 24.0 Å². The number of carbonyl (C=O) groups is 2. The third-order valence-electron chi connectivity index (χ3n) is 4.72. The summed E-state index contributed by atoms with van der Waals surface area (Å²) < 4.78 is 0. The Morgan fingerprint density at radius 3 is 2.50 bits per heavy atom. The van der Waals surface area contributed by atoms with Crippen LogP contribution in [0.15, 0.2) is 42.5 Å². The van der Waals surface area contributed by atoms with Crippen molar-refractivity contribution in [2.75, 3.05) is 11.9 Å². The van der Waals surface area contributed by atoms with Gasteiger partial charge in [-0.05, 0) is 61.6 Å². The molecule has 0 aromatic heterocycles. The van der Waals surface area contributed by atoms with Crippen molar-refractivity contribution in [1.82, 2.24) is 5.32 Å². The van der Waals surface area contributed by atoms with Gasteiger partial charge in [-0.25, -0.2) is 0 Å². The summed E-state index contributed by atoms with van der Waals surface area (Å²) in [6.45, 7) is 2.30. The number of nitrogens with one attached hydrogen (secondary N) is 2. The van der Waals surface area contributed by atoms with Crippen molar-refractivity contribution < 1.29 is 9.59 Å². The van der Waals surface area contributed by atoms with E-state index in [1.54, 1.807) is 18.2 Å². The summed E-state index contributed by atoms with van der Waals surface area (Å²) in [5.74, 6) is -0.500. The van der Waals surface area contributed by atoms with Crippen LogP contribution >= 0.6 is 23.2 Å². The summed E-state index contributed by atoms with van der Waals surface area (Å²) in [5, 5.41) is 6.98. The van der Waals surface area contributed by atoms with E-state index < -0.39 is 5.41 Å². The van der Waals surface area contributed by atoms with Gasteiger partial charge in [0.1, 0.15) is 5.41 Å². The van der Waals surface area contributed by atoms with Crippen LogP contribution in [-0.2, 0) is 16.0 Å². The first-order chi connectivity index (χ1) is 12.4. The van der Waals surface area contributed by atoms with E-state index >= 15 is 0 Å². The third-order valence-corrected chi connectivity index (χ3v) is 5.37. The van der Waals surface area contributed by atoms with Crippen LogP contribution in [-0.4, -0.2) is 18.4 Å². The molecule has 0 bridgehead atoms. The van der Waals surface area contributed by atoms with E-state index in [0.29, 0.717) is 41.5 Å². The zero-order valence-corrected chi connectivity index (χ0v) is 16.0. The van der Waals surface area contributed by atoms with Crippen molar-refractivity contribution in [2.45, 2.75) is 26.2 Å². The molecule has 1 aliphatic rings. The molecule has 1 saturated carbocycles. The number of halogens is 2. The second-order valence-electron chi connectivity index (χ2n) is 6.58. The molecule has 26 heavy (non-hydrogen) atoms. The van der Waals surface area contributed by atoms with Crippen LogP contribution in [0.2, 0.25) is 10.0 Å². The van der Waals surface area contributed by atoms with Crippen molar-refractivity contribution >= 4 is 40.7 Å². The Balaban J connectivity index is 1.58. The molecule has 0 saturated heterocycles. The van der Waals surface area contributed by atoms with Gasteiger partial charge in [0.05, 0.1) is 0 Å². The zero-order valence-electron chi connectivity index (χ0n) is 14.4. The molecular weight excluding hydrogens is 371 g/mol. The molecule has 1 fully saturated rings. The normalized spacial score (nSPS) is 14.6. The first-order valence-electron chi connectivity index (χ1n) is 8.52. The molecule has 0 radical (unpaired) electrons. The average molecular weight is 391 g/mol. The Morgan fingerprint density at radius 1 is 1.08 bits per heavy atom. The summed E-state index contributed by atoms with van der Waals surface area (Å²) >= 11 is 12.0. The Bertz CT molecular complexity index is 847. The number of rotatable bonds is 6. The van der Waals surface area contributed by atoms with Gasteiger partial charge in [0.15, 0.2) is 0 Å². The Kier molecular flexibility index (Phi) is 5.54. The molecular formula is C20H20Cl2N2O2. The van der Waals surface area contributed by atoms with Crippen LogP contribution in [0.3, 0.4) is 0 Å². The first-order valence-corrected chi connectivity index (χ1v) is 9.27. The smallest absolute Gasteiger partial charge is 0.240 e. The van der Waals surface area contributed by atoms with Gasteiger partial charge < -0.3 is 10.6 Å². The minimum absolute atomic E-state index is 0.225. The largest absolute Gasteiger partial charge is 0.355 e. The van der Waals surface area contributed by atoms with Crippen LogP contribution in [0, 0.1) is 12.3 Å². The predicted octanol–water partition coefficient (Wildman–Crippen LogP) is 4.38. The number of hydrogen-bond acceptors (Lipinski definition) is 2. The fourth-order valence-corrected chi connectivity index (χ4v) is 3.24. The quantitative estimate of drug-likeness (QED) is 0.718. The lowest BCUT2D eigenvalue weighted by Gasteiger charge is -2.17. The highest BCUT2D eigenvalue weighted by molar-refractivity contribution is 6.32. The molecule has 0 atom stereocenters. The predicted molar refractivity (Wildman–Crippen MR) is 105 cm³/mol. The van der Waals surface area contributed by atoms with E-state index in [9.17, 15) is 9.59 Å². The molecule has 1 aliphatic carbocycles. The molecule has 0 spiro atoms. The summed E-state index contributed by atoms with van der Waals surface area (Å²) in [6.07, 6.45) is 1.78. The van der Waals surface area contributed by atoms with E-state index in [1.165, 1.54) is 0 Å². The van der Waals surface area contributed by atoms with Crippen molar-refractivity contribution in [2.24, 2.45) is 5.41 Å².